The average Bonchev–Trinajstić information content (AvgIpc) is 3.19. The van der Waals surface area contributed by atoms with Crippen molar-refractivity contribution in [1.29, 1.82) is 0 Å². The van der Waals surface area contributed by atoms with Crippen LogP contribution in [0.3, 0.4) is 0 Å². The Morgan fingerprint density at radius 3 is 2.93 bits per heavy atom. The molecule has 27 heavy (non-hydrogen) atoms. The third kappa shape index (κ3) is 2.76. The van der Waals surface area contributed by atoms with Crippen LogP contribution in [0.2, 0.25) is 5.15 Å². The molecule has 136 valence electrons. The van der Waals surface area contributed by atoms with E-state index < -0.39 is 5.82 Å². The number of carbonyl (C=O) groups excluding carboxylic acids is 1. The normalized spacial score (nSPS) is 23.6. The summed E-state index contributed by atoms with van der Waals surface area (Å²) in [6, 6.07) is 5.08. The van der Waals surface area contributed by atoms with Crippen molar-refractivity contribution in [3.63, 3.8) is 0 Å². The number of hydrogen-bond donors (Lipinski definition) is 1. The zero-order chi connectivity index (χ0) is 18.5. The summed E-state index contributed by atoms with van der Waals surface area (Å²) in [5.74, 6) is 0.398. The maximum absolute atomic E-state index is 13.6. The number of H-pyrrole nitrogens is 1. The molecule has 3 atom stereocenters. The topological polar surface area (TPSA) is 87.7 Å². The first-order chi connectivity index (χ1) is 13.1. The van der Waals surface area contributed by atoms with Crippen molar-refractivity contribution in [1.82, 2.24) is 25.1 Å². The first-order valence-electron chi connectivity index (χ1n) is 8.57. The molecule has 1 amide bonds. The summed E-state index contributed by atoms with van der Waals surface area (Å²) < 4.78 is 13.6. The van der Waals surface area contributed by atoms with E-state index in [9.17, 15) is 9.18 Å². The summed E-state index contributed by atoms with van der Waals surface area (Å²) >= 11 is 5.63. The van der Waals surface area contributed by atoms with Gasteiger partial charge in [-0.05, 0) is 42.5 Å². The predicted molar refractivity (Wildman–Crippen MR) is 95.4 cm³/mol. The molecular formula is C18H14ClFN6O. The number of aromatic nitrogens is 5. The maximum Gasteiger partial charge on any atom is 0.233 e. The van der Waals surface area contributed by atoms with Gasteiger partial charge in [-0.3, -0.25) is 14.7 Å². The van der Waals surface area contributed by atoms with Crippen LogP contribution in [0.5, 0.6) is 0 Å². The minimum Gasteiger partial charge on any atom is -0.277 e. The Hall–Kier alpha value is -2.87. The second kappa shape index (κ2) is 6.09. The monoisotopic (exact) mass is 384 g/mol. The summed E-state index contributed by atoms with van der Waals surface area (Å²) in [5, 5.41) is 6.93. The van der Waals surface area contributed by atoms with Gasteiger partial charge in [0.1, 0.15) is 0 Å². The summed E-state index contributed by atoms with van der Waals surface area (Å²) in [4.78, 5) is 26.9. The molecule has 9 heteroatoms. The van der Waals surface area contributed by atoms with Crippen LogP contribution in [0.15, 0.2) is 36.8 Å². The number of halogens is 2. The Labute approximate surface area is 158 Å². The summed E-state index contributed by atoms with van der Waals surface area (Å²) in [5.41, 5.74) is 1.49. The van der Waals surface area contributed by atoms with Crippen LogP contribution in [-0.4, -0.2) is 37.1 Å². The quantitative estimate of drug-likeness (QED) is 0.699. The number of rotatable bonds is 4. The van der Waals surface area contributed by atoms with E-state index in [2.05, 4.69) is 25.1 Å². The van der Waals surface area contributed by atoms with E-state index in [0.29, 0.717) is 23.8 Å². The first-order valence-corrected chi connectivity index (χ1v) is 8.95. The lowest BCUT2D eigenvalue weighted by molar-refractivity contribution is -0.121. The highest BCUT2D eigenvalue weighted by Crippen LogP contribution is 2.51. The smallest absolute Gasteiger partial charge is 0.233 e. The molecule has 0 aromatic carbocycles. The highest BCUT2D eigenvalue weighted by molar-refractivity contribution is 6.29. The Balaban J connectivity index is 1.38. The number of hydrogen-bond acceptors (Lipinski definition) is 5. The molecule has 1 saturated heterocycles. The highest BCUT2D eigenvalue weighted by Gasteiger charge is 2.59. The van der Waals surface area contributed by atoms with E-state index in [4.69, 9.17) is 11.6 Å². The van der Waals surface area contributed by atoms with E-state index in [1.807, 2.05) is 12.1 Å². The Bertz CT molecular complexity index is 1030. The minimum absolute atomic E-state index is 0.0240. The predicted octanol–water partition coefficient (Wildman–Crippen LogP) is 2.65. The van der Waals surface area contributed by atoms with Gasteiger partial charge in [-0.1, -0.05) is 11.6 Å². The number of nitrogens with one attached hydrogen (secondary N) is 1. The van der Waals surface area contributed by atoms with Gasteiger partial charge in [0.15, 0.2) is 16.8 Å². The van der Waals surface area contributed by atoms with Gasteiger partial charge >= 0.3 is 0 Å². The van der Waals surface area contributed by atoms with Crippen LogP contribution in [0, 0.1) is 17.7 Å². The van der Waals surface area contributed by atoms with Crippen molar-refractivity contribution in [2.75, 3.05) is 4.90 Å². The molecule has 0 unspecified atom stereocenters. The van der Waals surface area contributed by atoms with Gasteiger partial charge in [0.25, 0.3) is 0 Å². The summed E-state index contributed by atoms with van der Waals surface area (Å²) in [6.07, 6.45) is 6.19. The molecule has 2 aliphatic rings. The molecule has 5 rings (SSSR count). The lowest BCUT2D eigenvalue weighted by Crippen LogP contribution is -2.33. The second-order valence-electron chi connectivity index (χ2n) is 6.82. The third-order valence-corrected chi connectivity index (χ3v) is 5.43. The lowest BCUT2D eigenvalue weighted by Gasteiger charge is -2.17. The number of fused-ring (bicyclic) bond motifs is 1. The van der Waals surface area contributed by atoms with Gasteiger partial charge in [-0.2, -0.15) is 10.1 Å². The van der Waals surface area contributed by atoms with E-state index in [1.165, 1.54) is 12.3 Å². The largest absolute Gasteiger partial charge is 0.277 e. The molecule has 2 fully saturated rings. The van der Waals surface area contributed by atoms with Gasteiger partial charge in [-0.25, -0.2) is 14.5 Å². The van der Waals surface area contributed by atoms with Gasteiger partial charge in [0, 0.05) is 36.1 Å². The van der Waals surface area contributed by atoms with E-state index in [0.717, 1.165) is 12.0 Å². The van der Waals surface area contributed by atoms with E-state index in [-0.39, 0.29) is 28.9 Å². The Morgan fingerprint density at radius 2 is 2.15 bits per heavy atom. The maximum atomic E-state index is 13.6. The molecule has 0 radical (unpaired) electrons. The van der Waals surface area contributed by atoms with Crippen molar-refractivity contribution in [3.8, 4) is 11.4 Å². The summed E-state index contributed by atoms with van der Waals surface area (Å²) in [7, 11) is 0. The van der Waals surface area contributed by atoms with Crippen molar-refractivity contribution in [2.24, 2.45) is 11.8 Å². The number of nitrogens with zero attached hydrogens (tertiary/aromatic N) is 5. The van der Waals surface area contributed by atoms with Crippen molar-refractivity contribution >= 4 is 23.5 Å². The zero-order valence-electron chi connectivity index (χ0n) is 14.0. The van der Waals surface area contributed by atoms with Crippen LogP contribution in [0.1, 0.15) is 12.0 Å². The number of pyridine rings is 2. The van der Waals surface area contributed by atoms with Gasteiger partial charge in [-0.15, -0.1) is 0 Å². The molecule has 1 aliphatic heterocycles. The number of anilines is 1. The second-order valence-corrected chi connectivity index (χ2v) is 7.18. The number of piperidine rings is 1. The van der Waals surface area contributed by atoms with Crippen LogP contribution < -0.4 is 4.90 Å². The zero-order valence-corrected chi connectivity index (χ0v) is 14.8. The molecular weight excluding hydrogens is 371 g/mol. The van der Waals surface area contributed by atoms with E-state index in [1.54, 1.807) is 17.3 Å². The SMILES string of the molecule is O=C1[C@H](Cc2cnc(Cl)c(F)c2)[C@@H]2C[C@@H]2N1c1nc(-c2ccncc2)n[nH]1. The van der Waals surface area contributed by atoms with Crippen LogP contribution in [0.25, 0.3) is 11.4 Å². The van der Waals surface area contributed by atoms with Crippen molar-refractivity contribution in [3.05, 3.63) is 53.3 Å². The van der Waals surface area contributed by atoms with Gasteiger partial charge in [0.05, 0.1) is 0 Å². The van der Waals surface area contributed by atoms with Gasteiger partial charge < -0.3 is 0 Å². The fraction of sp³-hybridized carbons (Fsp3) is 0.278. The molecule has 3 aromatic rings. The van der Waals surface area contributed by atoms with Crippen molar-refractivity contribution in [2.45, 2.75) is 18.9 Å². The van der Waals surface area contributed by atoms with E-state index >= 15 is 0 Å². The number of aromatic amines is 1. The fourth-order valence-corrected chi connectivity index (χ4v) is 3.88. The lowest BCUT2D eigenvalue weighted by atomic mass is 9.96. The fourth-order valence-electron chi connectivity index (χ4n) is 3.77. The molecule has 1 saturated carbocycles. The molecule has 1 aliphatic carbocycles. The number of amides is 1. The summed E-state index contributed by atoms with van der Waals surface area (Å²) in [6.45, 7) is 0. The molecule has 4 heterocycles. The minimum atomic E-state index is -0.568. The highest BCUT2D eigenvalue weighted by atomic mass is 35.5. The van der Waals surface area contributed by atoms with Crippen LogP contribution in [0.4, 0.5) is 10.3 Å². The average molecular weight is 385 g/mol. The van der Waals surface area contributed by atoms with Crippen molar-refractivity contribution < 1.29 is 9.18 Å². The first kappa shape index (κ1) is 16.3. The standard InChI is InChI=1S/C18H14ClFN6O/c19-15-13(20)6-9(8-22-15)5-12-11-7-14(11)26(17(12)27)18-23-16(24-25-18)10-1-3-21-4-2-10/h1-4,6,8,11-12,14H,5,7H2,(H,23,24,25)/t11-,12+,14-/m0/s1. The molecule has 0 bridgehead atoms. The van der Waals surface area contributed by atoms with Crippen LogP contribution >= 0.6 is 11.6 Å². The Kier molecular flexibility index (Phi) is 3.68. The molecule has 1 N–H and O–H groups in total. The van der Waals surface area contributed by atoms with Gasteiger partial charge in [0.2, 0.25) is 11.9 Å². The number of carbonyl (C=O) groups is 1. The Morgan fingerprint density at radius 1 is 1.33 bits per heavy atom. The molecule has 7 nitrogen and oxygen atoms in total. The van der Waals surface area contributed by atoms with Crippen LogP contribution in [-0.2, 0) is 11.2 Å². The third-order valence-electron chi connectivity index (χ3n) is 5.16. The molecule has 3 aromatic heterocycles. The molecule has 0 spiro atoms.